The van der Waals surface area contributed by atoms with Gasteiger partial charge in [0.1, 0.15) is 0 Å². The van der Waals surface area contributed by atoms with Crippen LogP contribution in [0.3, 0.4) is 0 Å². The lowest BCUT2D eigenvalue weighted by molar-refractivity contribution is 0.377. The molecule has 1 aliphatic rings. The summed E-state index contributed by atoms with van der Waals surface area (Å²) in [5.74, 6) is 2.56. The van der Waals surface area contributed by atoms with E-state index in [0.717, 1.165) is 0 Å². The zero-order chi connectivity index (χ0) is 9.90. The molecule has 0 aromatic rings. The van der Waals surface area contributed by atoms with Crippen molar-refractivity contribution in [1.29, 1.82) is 0 Å². The van der Waals surface area contributed by atoms with Crippen LogP contribution in [0.25, 0.3) is 0 Å². The Bertz CT molecular complexity index is 282. The molecule has 0 N–H and O–H groups in total. The summed E-state index contributed by atoms with van der Waals surface area (Å²) in [4.78, 5) is 0. The molecule has 0 saturated heterocycles. The van der Waals surface area contributed by atoms with Gasteiger partial charge in [-0.1, -0.05) is 31.4 Å². The largest absolute Gasteiger partial charge is 0.115 e. The van der Waals surface area contributed by atoms with Gasteiger partial charge in [-0.3, -0.25) is 0 Å². The van der Waals surface area contributed by atoms with E-state index in [9.17, 15) is 0 Å². The van der Waals surface area contributed by atoms with Gasteiger partial charge in [0.2, 0.25) is 0 Å². The van der Waals surface area contributed by atoms with Crippen molar-refractivity contribution in [1.82, 2.24) is 0 Å². The minimum Gasteiger partial charge on any atom is -0.115 e. The third-order valence-corrected chi connectivity index (χ3v) is 2.89. The molecule has 13 heavy (non-hydrogen) atoms. The SMILES string of the molecule is C#CC=CC1=C(C)CCCC1(C)C. The predicted octanol–water partition coefficient (Wildman–Crippen LogP) is 3.70. The van der Waals surface area contributed by atoms with Gasteiger partial charge in [-0.25, -0.2) is 0 Å². The zero-order valence-corrected chi connectivity index (χ0v) is 8.85. The lowest BCUT2D eigenvalue weighted by Crippen LogP contribution is -2.18. The summed E-state index contributed by atoms with van der Waals surface area (Å²) in [7, 11) is 0. The molecule has 70 valence electrons. The van der Waals surface area contributed by atoms with E-state index < -0.39 is 0 Å². The van der Waals surface area contributed by atoms with Gasteiger partial charge in [0, 0.05) is 0 Å². The normalized spacial score (nSPS) is 22.0. The summed E-state index contributed by atoms with van der Waals surface area (Å²) < 4.78 is 0. The van der Waals surface area contributed by atoms with Crippen LogP contribution in [0, 0.1) is 17.8 Å². The molecule has 0 bridgehead atoms. The first-order chi connectivity index (χ1) is 6.08. The Balaban J connectivity index is 3.00. The quantitative estimate of drug-likeness (QED) is 0.532. The lowest BCUT2D eigenvalue weighted by atomic mass is 9.73. The Hall–Kier alpha value is -0.960. The van der Waals surface area contributed by atoms with Crippen LogP contribution in [0.2, 0.25) is 0 Å². The number of terminal acetylenes is 1. The summed E-state index contributed by atoms with van der Waals surface area (Å²) in [6.45, 7) is 6.81. The number of hydrogen-bond donors (Lipinski definition) is 0. The Morgan fingerprint density at radius 1 is 1.46 bits per heavy atom. The fraction of sp³-hybridized carbons (Fsp3) is 0.538. The van der Waals surface area contributed by atoms with Crippen molar-refractivity contribution in [2.45, 2.75) is 40.0 Å². The first-order valence-corrected chi connectivity index (χ1v) is 4.91. The molecule has 0 radical (unpaired) electrons. The zero-order valence-electron chi connectivity index (χ0n) is 8.85. The van der Waals surface area contributed by atoms with Crippen molar-refractivity contribution >= 4 is 0 Å². The molecule has 0 aromatic carbocycles. The minimum atomic E-state index is 0.315. The summed E-state index contributed by atoms with van der Waals surface area (Å²) >= 11 is 0. The van der Waals surface area contributed by atoms with Gasteiger partial charge in [-0.15, -0.1) is 6.42 Å². The lowest BCUT2D eigenvalue weighted by Gasteiger charge is -2.32. The Labute approximate surface area is 81.7 Å². The van der Waals surface area contributed by atoms with Crippen molar-refractivity contribution in [3.63, 3.8) is 0 Å². The van der Waals surface area contributed by atoms with Crippen molar-refractivity contribution in [2.24, 2.45) is 5.41 Å². The average Bonchev–Trinajstić information content (AvgIpc) is 2.02. The monoisotopic (exact) mass is 174 g/mol. The minimum absolute atomic E-state index is 0.315. The van der Waals surface area contributed by atoms with Gasteiger partial charge < -0.3 is 0 Å². The molecule has 0 heteroatoms. The molecule has 0 fully saturated rings. The van der Waals surface area contributed by atoms with E-state index in [-0.39, 0.29) is 0 Å². The second-order valence-corrected chi connectivity index (χ2v) is 4.43. The first-order valence-electron chi connectivity index (χ1n) is 4.91. The molecule has 0 aliphatic heterocycles. The predicted molar refractivity (Wildman–Crippen MR) is 58.3 cm³/mol. The number of allylic oxidation sites excluding steroid dienone is 4. The van der Waals surface area contributed by atoms with Gasteiger partial charge in [-0.2, -0.15) is 0 Å². The molecule has 0 atom stereocenters. The van der Waals surface area contributed by atoms with Gasteiger partial charge in [0.15, 0.2) is 0 Å². The van der Waals surface area contributed by atoms with Gasteiger partial charge in [0.25, 0.3) is 0 Å². The van der Waals surface area contributed by atoms with Crippen LogP contribution in [0.5, 0.6) is 0 Å². The highest BCUT2D eigenvalue weighted by Gasteiger charge is 2.26. The molecule has 0 amide bonds. The summed E-state index contributed by atoms with van der Waals surface area (Å²) in [6, 6.07) is 0. The van der Waals surface area contributed by atoms with Crippen LogP contribution < -0.4 is 0 Å². The van der Waals surface area contributed by atoms with Gasteiger partial charge in [-0.05, 0) is 43.3 Å². The summed E-state index contributed by atoms with van der Waals surface area (Å²) in [6.07, 6.45) is 13.0. The second kappa shape index (κ2) is 3.83. The third-order valence-electron chi connectivity index (χ3n) is 2.89. The second-order valence-electron chi connectivity index (χ2n) is 4.43. The number of hydrogen-bond acceptors (Lipinski definition) is 0. The van der Waals surface area contributed by atoms with Crippen molar-refractivity contribution in [3.8, 4) is 12.3 Å². The maximum Gasteiger partial charge on any atom is -0.0104 e. The van der Waals surface area contributed by atoms with Crippen LogP contribution in [-0.2, 0) is 0 Å². The topological polar surface area (TPSA) is 0 Å². The van der Waals surface area contributed by atoms with E-state index in [1.807, 2.05) is 6.08 Å². The van der Waals surface area contributed by atoms with Crippen molar-refractivity contribution < 1.29 is 0 Å². The Morgan fingerprint density at radius 2 is 2.15 bits per heavy atom. The van der Waals surface area contributed by atoms with E-state index >= 15 is 0 Å². The first kappa shape index (κ1) is 10.1. The van der Waals surface area contributed by atoms with E-state index in [0.29, 0.717) is 5.41 Å². The van der Waals surface area contributed by atoms with E-state index in [4.69, 9.17) is 6.42 Å². The fourth-order valence-electron chi connectivity index (χ4n) is 2.14. The maximum absolute atomic E-state index is 5.22. The van der Waals surface area contributed by atoms with Crippen LogP contribution in [0.4, 0.5) is 0 Å². The number of rotatable bonds is 1. The molecule has 0 spiro atoms. The summed E-state index contributed by atoms with van der Waals surface area (Å²) in [5.41, 5.74) is 3.26. The van der Waals surface area contributed by atoms with Crippen LogP contribution in [-0.4, -0.2) is 0 Å². The van der Waals surface area contributed by atoms with Gasteiger partial charge >= 0.3 is 0 Å². The Kier molecular flexibility index (Phi) is 2.98. The van der Waals surface area contributed by atoms with E-state index in [1.165, 1.54) is 30.4 Å². The molecule has 0 unspecified atom stereocenters. The highest BCUT2D eigenvalue weighted by molar-refractivity contribution is 5.35. The molecule has 0 aromatic heterocycles. The van der Waals surface area contributed by atoms with Crippen LogP contribution in [0.1, 0.15) is 40.0 Å². The van der Waals surface area contributed by atoms with Gasteiger partial charge in [0.05, 0.1) is 0 Å². The molecule has 1 aliphatic carbocycles. The third kappa shape index (κ3) is 2.25. The Morgan fingerprint density at radius 3 is 2.69 bits per heavy atom. The van der Waals surface area contributed by atoms with E-state index in [2.05, 4.69) is 32.8 Å². The van der Waals surface area contributed by atoms with E-state index in [1.54, 1.807) is 0 Å². The molecule has 0 heterocycles. The standard InChI is InChI=1S/C13H18/c1-5-6-9-12-11(2)8-7-10-13(12,3)4/h1,6,9H,7-8,10H2,2-4H3. The molecule has 0 saturated carbocycles. The molecular weight excluding hydrogens is 156 g/mol. The average molecular weight is 174 g/mol. The molecule has 0 nitrogen and oxygen atoms in total. The fourth-order valence-corrected chi connectivity index (χ4v) is 2.14. The highest BCUT2D eigenvalue weighted by atomic mass is 14.3. The highest BCUT2D eigenvalue weighted by Crippen LogP contribution is 2.40. The van der Waals surface area contributed by atoms with Crippen LogP contribution in [0.15, 0.2) is 23.3 Å². The van der Waals surface area contributed by atoms with Crippen molar-refractivity contribution in [3.05, 3.63) is 23.3 Å². The van der Waals surface area contributed by atoms with Crippen LogP contribution >= 0.6 is 0 Å². The smallest absolute Gasteiger partial charge is 0.0104 e. The summed E-state index contributed by atoms with van der Waals surface area (Å²) in [5, 5.41) is 0. The molecular formula is C13H18. The molecule has 1 rings (SSSR count). The maximum atomic E-state index is 5.22. The van der Waals surface area contributed by atoms with Crippen molar-refractivity contribution in [2.75, 3.05) is 0 Å².